The standard InChI is InChI=1S/C9H7N2S/c1-7-11-9(6-12-7)8-4-2-3-5-10-8/h2,4-6H,1H3. The van der Waals surface area contributed by atoms with Crippen molar-refractivity contribution < 1.29 is 0 Å². The zero-order valence-corrected chi connectivity index (χ0v) is 7.43. The van der Waals surface area contributed by atoms with Crippen LogP contribution in [0.15, 0.2) is 23.7 Å². The molecule has 0 spiro atoms. The van der Waals surface area contributed by atoms with Crippen molar-refractivity contribution in [1.29, 1.82) is 0 Å². The Morgan fingerprint density at radius 2 is 2.33 bits per heavy atom. The van der Waals surface area contributed by atoms with Crippen molar-refractivity contribution in [2.24, 2.45) is 0 Å². The van der Waals surface area contributed by atoms with Crippen molar-refractivity contribution in [3.05, 3.63) is 34.8 Å². The highest BCUT2D eigenvalue weighted by atomic mass is 32.1. The summed E-state index contributed by atoms with van der Waals surface area (Å²) >= 11 is 1.64. The molecular formula is C9H7N2S. The fourth-order valence-corrected chi connectivity index (χ4v) is 1.56. The third kappa shape index (κ3) is 1.36. The highest BCUT2D eigenvalue weighted by Gasteiger charge is 2.00. The van der Waals surface area contributed by atoms with Gasteiger partial charge in [-0.3, -0.25) is 4.98 Å². The first-order chi connectivity index (χ1) is 5.86. The molecule has 0 aliphatic carbocycles. The van der Waals surface area contributed by atoms with E-state index in [2.05, 4.69) is 16.0 Å². The maximum absolute atomic E-state index is 4.32. The minimum absolute atomic E-state index is 0.915. The monoisotopic (exact) mass is 175 g/mol. The SMILES string of the molecule is Cc1nc(-c2cc[c]cn2)cs1. The second-order valence-corrected chi connectivity index (χ2v) is 3.46. The molecule has 0 aliphatic heterocycles. The molecule has 3 heteroatoms. The lowest BCUT2D eigenvalue weighted by atomic mass is 10.3. The predicted molar refractivity (Wildman–Crippen MR) is 48.9 cm³/mol. The molecule has 0 aliphatic rings. The second kappa shape index (κ2) is 3.03. The van der Waals surface area contributed by atoms with E-state index in [1.54, 1.807) is 17.5 Å². The molecule has 2 nitrogen and oxygen atoms in total. The summed E-state index contributed by atoms with van der Waals surface area (Å²) in [7, 11) is 0. The Balaban J connectivity index is 2.45. The Bertz CT molecular complexity index is 367. The van der Waals surface area contributed by atoms with E-state index in [1.807, 2.05) is 24.4 Å². The maximum atomic E-state index is 4.32. The summed E-state index contributed by atoms with van der Waals surface area (Å²) < 4.78 is 0. The molecule has 0 saturated carbocycles. The number of hydrogen-bond donors (Lipinski definition) is 0. The average molecular weight is 175 g/mol. The Morgan fingerprint density at radius 3 is 2.92 bits per heavy atom. The first-order valence-corrected chi connectivity index (χ1v) is 4.49. The summed E-state index contributed by atoms with van der Waals surface area (Å²) in [6, 6.07) is 6.63. The fraction of sp³-hybridized carbons (Fsp3) is 0.111. The lowest BCUT2D eigenvalue weighted by Crippen LogP contribution is -1.81. The van der Waals surface area contributed by atoms with Crippen molar-refractivity contribution in [1.82, 2.24) is 9.97 Å². The summed E-state index contributed by atoms with van der Waals surface area (Å²) in [4.78, 5) is 8.47. The fourth-order valence-electron chi connectivity index (χ4n) is 0.953. The molecule has 0 amide bonds. The van der Waals surface area contributed by atoms with Gasteiger partial charge in [0.25, 0.3) is 0 Å². The molecule has 12 heavy (non-hydrogen) atoms. The number of thiazole rings is 1. The summed E-state index contributed by atoms with van der Waals surface area (Å²) in [6.45, 7) is 1.99. The number of hydrogen-bond acceptors (Lipinski definition) is 3. The molecule has 2 aromatic heterocycles. The Kier molecular flexibility index (Phi) is 1.87. The molecule has 0 aromatic carbocycles. The third-order valence-electron chi connectivity index (χ3n) is 1.50. The van der Waals surface area contributed by atoms with Crippen LogP contribution in [0.2, 0.25) is 0 Å². The summed E-state index contributed by atoms with van der Waals surface area (Å²) in [5, 5.41) is 3.08. The number of nitrogens with zero attached hydrogens (tertiary/aromatic N) is 2. The van der Waals surface area contributed by atoms with Crippen LogP contribution in [0.1, 0.15) is 5.01 Å². The number of aromatic nitrogens is 2. The smallest absolute Gasteiger partial charge is 0.0998 e. The molecule has 1 radical (unpaired) electrons. The van der Waals surface area contributed by atoms with Gasteiger partial charge in [-0.15, -0.1) is 11.3 Å². The van der Waals surface area contributed by atoms with Crippen molar-refractivity contribution in [3.8, 4) is 11.4 Å². The quantitative estimate of drug-likeness (QED) is 0.664. The van der Waals surface area contributed by atoms with Crippen LogP contribution in [0.5, 0.6) is 0 Å². The Morgan fingerprint density at radius 1 is 1.42 bits per heavy atom. The van der Waals surface area contributed by atoms with E-state index in [0.29, 0.717) is 0 Å². The van der Waals surface area contributed by atoms with Crippen molar-refractivity contribution in [3.63, 3.8) is 0 Å². The van der Waals surface area contributed by atoms with Crippen molar-refractivity contribution in [2.45, 2.75) is 6.92 Å². The second-order valence-electron chi connectivity index (χ2n) is 2.40. The van der Waals surface area contributed by atoms with E-state index < -0.39 is 0 Å². The van der Waals surface area contributed by atoms with E-state index in [1.165, 1.54) is 0 Å². The Labute approximate surface area is 74.9 Å². The van der Waals surface area contributed by atoms with E-state index >= 15 is 0 Å². The van der Waals surface area contributed by atoms with E-state index in [4.69, 9.17) is 0 Å². The van der Waals surface area contributed by atoms with Crippen LogP contribution in [0, 0.1) is 13.0 Å². The third-order valence-corrected chi connectivity index (χ3v) is 2.27. The molecule has 0 unspecified atom stereocenters. The van der Waals surface area contributed by atoms with Gasteiger partial charge in [0.15, 0.2) is 0 Å². The van der Waals surface area contributed by atoms with Gasteiger partial charge in [0.05, 0.1) is 16.4 Å². The molecule has 0 fully saturated rings. The van der Waals surface area contributed by atoms with Gasteiger partial charge < -0.3 is 0 Å². The van der Waals surface area contributed by atoms with Gasteiger partial charge in [-0.05, 0) is 13.0 Å². The van der Waals surface area contributed by atoms with Crippen molar-refractivity contribution >= 4 is 11.3 Å². The van der Waals surface area contributed by atoms with Crippen molar-refractivity contribution in [2.75, 3.05) is 0 Å². The number of pyridine rings is 1. The number of rotatable bonds is 1. The zero-order chi connectivity index (χ0) is 8.39. The van der Waals surface area contributed by atoms with Gasteiger partial charge in [0, 0.05) is 17.6 Å². The molecule has 0 N–H and O–H groups in total. The van der Waals surface area contributed by atoms with Crippen LogP contribution in [0.4, 0.5) is 0 Å². The van der Waals surface area contributed by atoms with Crippen LogP contribution in [-0.4, -0.2) is 9.97 Å². The van der Waals surface area contributed by atoms with Crippen LogP contribution < -0.4 is 0 Å². The highest BCUT2D eigenvalue weighted by Crippen LogP contribution is 2.18. The molecule has 0 saturated heterocycles. The lowest BCUT2D eigenvalue weighted by molar-refractivity contribution is 1.24. The molecule has 0 atom stereocenters. The molecule has 0 bridgehead atoms. The topological polar surface area (TPSA) is 25.8 Å². The summed E-state index contributed by atoms with van der Waals surface area (Å²) in [5.74, 6) is 0. The largest absolute Gasteiger partial charge is 0.254 e. The van der Waals surface area contributed by atoms with Gasteiger partial charge in [0.1, 0.15) is 0 Å². The predicted octanol–water partition coefficient (Wildman–Crippen LogP) is 2.31. The summed E-state index contributed by atoms with van der Waals surface area (Å²) in [6.07, 6.45) is 1.66. The number of aryl methyl sites for hydroxylation is 1. The first-order valence-electron chi connectivity index (χ1n) is 3.61. The van der Waals surface area contributed by atoms with Gasteiger partial charge >= 0.3 is 0 Å². The van der Waals surface area contributed by atoms with Crippen LogP contribution in [-0.2, 0) is 0 Å². The molecule has 2 rings (SSSR count). The minimum atomic E-state index is 0.915. The van der Waals surface area contributed by atoms with Gasteiger partial charge in [0.2, 0.25) is 0 Å². The molecular weight excluding hydrogens is 168 g/mol. The van der Waals surface area contributed by atoms with Crippen LogP contribution >= 0.6 is 11.3 Å². The van der Waals surface area contributed by atoms with Crippen LogP contribution in [0.3, 0.4) is 0 Å². The maximum Gasteiger partial charge on any atom is 0.0998 e. The molecule has 2 aromatic rings. The van der Waals surface area contributed by atoms with Gasteiger partial charge in [-0.1, -0.05) is 6.07 Å². The lowest BCUT2D eigenvalue weighted by Gasteiger charge is -1.91. The van der Waals surface area contributed by atoms with Gasteiger partial charge in [-0.25, -0.2) is 4.98 Å². The zero-order valence-electron chi connectivity index (χ0n) is 6.61. The normalized spacial score (nSPS) is 10.1. The minimum Gasteiger partial charge on any atom is -0.254 e. The highest BCUT2D eigenvalue weighted by molar-refractivity contribution is 7.09. The van der Waals surface area contributed by atoms with Crippen LogP contribution in [0.25, 0.3) is 11.4 Å². The van der Waals surface area contributed by atoms with E-state index in [-0.39, 0.29) is 0 Å². The first kappa shape index (κ1) is 7.43. The summed E-state index contributed by atoms with van der Waals surface area (Å²) in [5.41, 5.74) is 1.87. The van der Waals surface area contributed by atoms with Gasteiger partial charge in [-0.2, -0.15) is 0 Å². The molecule has 59 valence electrons. The average Bonchev–Trinajstić information content (AvgIpc) is 2.54. The van der Waals surface area contributed by atoms with E-state index in [0.717, 1.165) is 16.4 Å². The van der Waals surface area contributed by atoms with E-state index in [9.17, 15) is 0 Å². The molecule has 2 heterocycles. The Hall–Kier alpha value is -1.22.